The van der Waals surface area contributed by atoms with Gasteiger partial charge in [-0.1, -0.05) is 69.3 Å². The van der Waals surface area contributed by atoms with Crippen molar-refractivity contribution in [3.05, 3.63) is 70.8 Å². The lowest BCUT2D eigenvalue weighted by atomic mass is 9.64. The standard InChI is InChI=1S/C26H30O3S2Si/c1-25(2,3)32(4,5)29-24-18-12-8-9-13-19(18)26(30-14-15-31-26)21-20(24)22(27)16-10-6-7-11-17(16)23(21)28/h6-13,20-21,24H,14-15H2,1-5H3/t20-,21+,24-/m0/s1. The number of hydrogen-bond acceptors (Lipinski definition) is 5. The molecule has 0 unspecified atom stereocenters. The molecule has 1 heterocycles. The van der Waals surface area contributed by atoms with Crippen LogP contribution in [0.4, 0.5) is 0 Å². The van der Waals surface area contributed by atoms with E-state index >= 15 is 0 Å². The van der Waals surface area contributed by atoms with E-state index in [0.717, 1.165) is 17.1 Å². The summed E-state index contributed by atoms with van der Waals surface area (Å²) in [7, 11) is -2.21. The number of benzene rings is 2. The average molecular weight is 483 g/mol. The van der Waals surface area contributed by atoms with Gasteiger partial charge in [-0.05, 0) is 29.3 Å². The normalized spacial score (nSPS) is 26.6. The zero-order valence-corrected chi connectivity index (χ0v) is 21.9. The lowest BCUT2D eigenvalue weighted by Crippen LogP contribution is -2.54. The fraction of sp³-hybridized carbons (Fsp3) is 0.462. The Labute approximate surface area is 200 Å². The first-order chi connectivity index (χ1) is 15.1. The highest BCUT2D eigenvalue weighted by atomic mass is 32.2. The maximum Gasteiger partial charge on any atom is 0.192 e. The van der Waals surface area contributed by atoms with Gasteiger partial charge in [0, 0.05) is 22.6 Å². The molecule has 0 bridgehead atoms. The third-order valence-electron chi connectivity index (χ3n) is 7.72. The summed E-state index contributed by atoms with van der Waals surface area (Å²) >= 11 is 3.69. The maximum absolute atomic E-state index is 14.1. The molecule has 0 N–H and O–H groups in total. The lowest BCUT2D eigenvalue weighted by molar-refractivity contribution is 0.0394. The van der Waals surface area contributed by atoms with Gasteiger partial charge in [-0.25, -0.2) is 0 Å². The molecule has 1 aliphatic heterocycles. The minimum absolute atomic E-state index is 0.00304. The summed E-state index contributed by atoms with van der Waals surface area (Å²) < 4.78 is 6.60. The van der Waals surface area contributed by atoms with Crippen LogP contribution in [0, 0.1) is 11.8 Å². The highest BCUT2D eigenvalue weighted by Gasteiger charge is 2.62. The van der Waals surface area contributed by atoms with Gasteiger partial charge in [0.25, 0.3) is 0 Å². The second kappa shape index (κ2) is 7.59. The molecule has 0 saturated carbocycles. The molecule has 5 rings (SSSR count). The third kappa shape index (κ3) is 3.13. The van der Waals surface area contributed by atoms with E-state index in [1.54, 1.807) is 0 Å². The second-order valence-electron chi connectivity index (χ2n) is 10.5. The number of carbonyl (C=O) groups excluding carboxylic acids is 2. The van der Waals surface area contributed by atoms with Crippen LogP contribution in [0.5, 0.6) is 0 Å². The Balaban J connectivity index is 1.76. The molecule has 2 aliphatic carbocycles. The van der Waals surface area contributed by atoms with Crippen molar-refractivity contribution < 1.29 is 14.0 Å². The molecule has 3 aliphatic rings. The number of thioether (sulfide) groups is 2. The molecule has 6 heteroatoms. The first-order valence-electron chi connectivity index (χ1n) is 11.3. The monoisotopic (exact) mass is 482 g/mol. The van der Waals surface area contributed by atoms with E-state index in [1.807, 2.05) is 53.9 Å². The van der Waals surface area contributed by atoms with E-state index in [-0.39, 0.29) is 16.6 Å². The van der Waals surface area contributed by atoms with Crippen LogP contribution in [0.25, 0.3) is 0 Å². The zero-order valence-electron chi connectivity index (χ0n) is 19.3. The van der Waals surface area contributed by atoms with Gasteiger partial charge in [-0.15, -0.1) is 23.5 Å². The number of ketones is 2. The fourth-order valence-corrected chi connectivity index (χ4v) is 10.0. The van der Waals surface area contributed by atoms with Crippen LogP contribution < -0.4 is 0 Å². The van der Waals surface area contributed by atoms with Crippen LogP contribution in [-0.4, -0.2) is 31.4 Å². The van der Waals surface area contributed by atoms with Gasteiger partial charge in [0.15, 0.2) is 19.9 Å². The largest absolute Gasteiger partial charge is 0.409 e. The Hall–Kier alpha value is -1.34. The number of rotatable bonds is 2. The smallest absolute Gasteiger partial charge is 0.192 e. The molecule has 0 radical (unpaired) electrons. The first kappa shape index (κ1) is 22.4. The number of fused-ring (bicyclic) bond motifs is 5. The first-order valence-corrected chi connectivity index (χ1v) is 16.2. The van der Waals surface area contributed by atoms with Crippen molar-refractivity contribution in [1.29, 1.82) is 0 Å². The van der Waals surface area contributed by atoms with E-state index in [1.165, 1.54) is 5.56 Å². The van der Waals surface area contributed by atoms with E-state index < -0.39 is 30.3 Å². The molecule has 32 heavy (non-hydrogen) atoms. The summed E-state index contributed by atoms with van der Waals surface area (Å²) in [6, 6.07) is 15.8. The predicted octanol–water partition coefficient (Wildman–Crippen LogP) is 6.71. The maximum atomic E-state index is 14.1. The molecule has 0 aromatic heterocycles. The van der Waals surface area contributed by atoms with Crippen LogP contribution in [-0.2, 0) is 8.51 Å². The topological polar surface area (TPSA) is 43.4 Å². The van der Waals surface area contributed by atoms with Crippen molar-refractivity contribution in [2.24, 2.45) is 11.8 Å². The van der Waals surface area contributed by atoms with Crippen molar-refractivity contribution in [3.8, 4) is 0 Å². The third-order valence-corrected chi connectivity index (χ3v) is 15.8. The van der Waals surface area contributed by atoms with Gasteiger partial charge in [-0.2, -0.15) is 0 Å². The van der Waals surface area contributed by atoms with Crippen LogP contribution >= 0.6 is 23.5 Å². The van der Waals surface area contributed by atoms with Crippen LogP contribution in [0.15, 0.2) is 48.5 Å². The van der Waals surface area contributed by atoms with E-state index in [4.69, 9.17) is 4.43 Å². The van der Waals surface area contributed by atoms with Gasteiger partial charge in [0.1, 0.15) is 0 Å². The minimum Gasteiger partial charge on any atom is -0.409 e. The second-order valence-corrected chi connectivity index (χ2v) is 18.2. The van der Waals surface area contributed by atoms with E-state index in [2.05, 4.69) is 52.1 Å². The SMILES string of the molecule is CC(C)(C)[Si](C)(C)O[C@H]1c2ccccc2C2(SCCS2)[C@H]2C(=O)c3ccccc3C(=O)[C@@H]12. The van der Waals surface area contributed by atoms with Gasteiger partial charge >= 0.3 is 0 Å². The van der Waals surface area contributed by atoms with Crippen molar-refractivity contribution >= 4 is 43.4 Å². The highest BCUT2D eigenvalue weighted by molar-refractivity contribution is 8.20. The molecule has 1 spiro atoms. The van der Waals surface area contributed by atoms with Gasteiger partial charge in [-0.3, -0.25) is 9.59 Å². The van der Waals surface area contributed by atoms with Crippen LogP contribution in [0.2, 0.25) is 18.1 Å². The molecule has 0 amide bonds. The molecular formula is C26H30O3S2Si. The molecule has 2 aromatic rings. The number of hydrogen-bond donors (Lipinski definition) is 0. The Morgan fingerprint density at radius 2 is 1.47 bits per heavy atom. The van der Waals surface area contributed by atoms with Gasteiger partial charge in [0.2, 0.25) is 0 Å². The summed E-state index contributed by atoms with van der Waals surface area (Å²) in [5.74, 6) is 1.24. The Morgan fingerprint density at radius 3 is 2.09 bits per heavy atom. The van der Waals surface area contributed by atoms with Gasteiger partial charge < -0.3 is 4.43 Å². The summed E-state index contributed by atoms with van der Waals surface area (Å²) in [6.45, 7) is 11.1. The average Bonchev–Trinajstić information content (AvgIpc) is 3.23. The highest BCUT2D eigenvalue weighted by Crippen LogP contribution is 2.66. The van der Waals surface area contributed by atoms with Crippen molar-refractivity contribution in [1.82, 2.24) is 0 Å². The van der Waals surface area contributed by atoms with Gasteiger partial charge in [0.05, 0.1) is 22.0 Å². The number of Topliss-reactive ketones (excluding diaryl/α,β-unsaturated/α-hetero) is 2. The van der Waals surface area contributed by atoms with Crippen molar-refractivity contribution in [2.75, 3.05) is 11.5 Å². The molecule has 1 fully saturated rings. The predicted molar refractivity (Wildman–Crippen MR) is 136 cm³/mol. The Morgan fingerprint density at radius 1 is 0.906 bits per heavy atom. The zero-order chi connectivity index (χ0) is 22.9. The molecule has 1 saturated heterocycles. The molecular weight excluding hydrogens is 453 g/mol. The lowest BCUT2D eigenvalue weighted by Gasteiger charge is -2.52. The minimum atomic E-state index is -2.21. The van der Waals surface area contributed by atoms with E-state index in [9.17, 15) is 9.59 Å². The Bertz CT molecular complexity index is 1100. The molecule has 3 atom stereocenters. The van der Waals surface area contributed by atoms with Crippen molar-refractivity contribution in [3.63, 3.8) is 0 Å². The van der Waals surface area contributed by atoms with E-state index in [0.29, 0.717) is 11.1 Å². The summed E-state index contributed by atoms with van der Waals surface area (Å²) in [4.78, 5) is 28.1. The molecule has 168 valence electrons. The van der Waals surface area contributed by atoms with Crippen LogP contribution in [0.3, 0.4) is 0 Å². The summed E-state index contributed by atoms with van der Waals surface area (Å²) in [5.41, 5.74) is 3.42. The summed E-state index contributed by atoms with van der Waals surface area (Å²) in [6.07, 6.45) is -0.394. The Kier molecular flexibility index (Phi) is 5.32. The summed E-state index contributed by atoms with van der Waals surface area (Å²) in [5, 5.41) is 0.00304. The quantitative estimate of drug-likeness (QED) is 0.445. The number of carbonyl (C=O) groups is 2. The van der Waals surface area contributed by atoms with Crippen molar-refractivity contribution in [2.45, 2.75) is 49.1 Å². The van der Waals surface area contributed by atoms with Crippen LogP contribution in [0.1, 0.15) is 58.7 Å². The fourth-order valence-electron chi connectivity index (χ4n) is 5.11. The molecule has 3 nitrogen and oxygen atoms in total. The molecule has 2 aromatic carbocycles.